The first-order valence-corrected chi connectivity index (χ1v) is 7.87. The topological polar surface area (TPSA) is 32.3 Å². The SMILES string of the molecule is Cc1ccsc1C(=O)NC[C@@H](c1cccs1)N(C)C. The minimum atomic E-state index is 0.0240. The summed E-state index contributed by atoms with van der Waals surface area (Å²) in [7, 11) is 4.07. The van der Waals surface area contributed by atoms with Crippen LogP contribution in [0.3, 0.4) is 0 Å². The summed E-state index contributed by atoms with van der Waals surface area (Å²) in [6, 6.07) is 6.35. The van der Waals surface area contributed by atoms with Crippen LogP contribution in [0.5, 0.6) is 0 Å². The van der Waals surface area contributed by atoms with Crippen molar-refractivity contribution in [1.29, 1.82) is 0 Å². The van der Waals surface area contributed by atoms with E-state index < -0.39 is 0 Å². The number of carbonyl (C=O) groups is 1. The molecular formula is C14H18N2OS2. The van der Waals surface area contributed by atoms with Crippen molar-refractivity contribution in [3.8, 4) is 0 Å². The first-order chi connectivity index (χ1) is 9.09. The average Bonchev–Trinajstić information content (AvgIpc) is 3.00. The number of hydrogen-bond donors (Lipinski definition) is 1. The van der Waals surface area contributed by atoms with Gasteiger partial charge < -0.3 is 10.2 Å². The van der Waals surface area contributed by atoms with Crippen LogP contribution >= 0.6 is 22.7 Å². The number of hydrogen-bond acceptors (Lipinski definition) is 4. The summed E-state index contributed by atoms with van der Waals surface area (Å²) in [5.41, 5.74) is 1.04. The van der Waals surface area contributed by atoms with Crippen LogP contribution in [0.1, 0.15) is 26.2 Å². The highest BCUT2D eigenvalue weighted by molar-refractivity contribution is 7.12. The van der Waals surface area contributed by atoms with Gasteiger partial charge in [-0.05, 0) is 49.5 Å². The van der Waals surface area contributed by atoms with E-state index in [1.54, 1.807) is 11.3 Å². The lowest BCUT2D eigenvalue weighted by molar-refractivity contribution is 0.0946. The first kappa shape index (κ1) is 14.2. The van der Waals surface area contributed by atoms with Crippen molar-refractivity contribution in [3.63, 3.8) is 0 Å². The third kappa shape index (κ3) is 3.43. The highest BCUT2D eigenvalue weighted by atomic mass is 32.1. The molecule has 0 aromatic carbocycles. The summed E-state index contributed by atoms with van der Waals surface area (Å²) >= 11 is 3.21. The molecule has 1 atom stereocenters. The van der Waals surface area contributed by atoms with E-state index >= 15 is 0 Å². The molecule has 0 fully saturated rings. The molecule has 5 heteroatoms. The van der Waals surface area contributed by atoms with E-state index in [0.29, 0.717) is 6.54 Å². The second kappa shape index (κ2) is 6.32. The van der Waals surface area contributed by atoms with Crippen LogP contribution in [-0.4, -0.2) is 31.4 Å². The highest BCUT2D eigenvalue weighted by Crippen LogP contribution is 2.23. The first-order valence-electron chi connectivity index (χ1n) is 6.11. The summed E-state index contributed by atoms with van der Waals surface area (Å²) in [6.07, 6.45) is 0. The van der Waals surface area contributed by atoms with Gasteiger partial charge in [0.1, 0.15) is 0 Å². The maximum atomic E-state index is 12.1. The van der Waals surface area contributed by atoms with Crippen LogP contribution in [-0.2, 0) is 0 Å². The lowest BCUT2D eigenvalue weighted by Gasteiger charge is -2.23. The Balaban J connectivity index is 2.00. The Morgan fingerprint density at radius 2 is 2.11 bits per heavy atom. The zero-order valence-electron chi connectivity index (χ0n) is 11.3. The van der Waals surface area contributed by atoms with E-state index in [1.165, 1.54) is 16.2 Å². The van der Waals surface area contributed by atoms with Gasteiger partial charge in [-0.2, -0.15) is 0 Å². The van der Waals surface area contributed by atoms with E-state index in [9.17, 15) is 4.79 Å². The Morgan fingerprint density at radius 3 is 2.63 bits per heavy atom. The van der Waals surface area contributed by atoms with Crippen molar-refractivity contribution in [2.75, 3.05) is 20.6 Å². The molecule has 0 unspecified atom stereocenters. The van der Waals surface area contributed by atoms with Crippen LogP contribution in [0, 0.1) is 6.92 Å². The Kier molecular flexibility index (Phi) is 4.74. The molecule has 2 aromatic heterocycles. The molecule has 0 radical (unpaired) electrons. The summed E-state index contributed by atoms with van der Waals surface area (Å²) in [6.45, 7) is 2.60. The van der Waals surface area contributed by atoms with Crippen molar-refractivity contribution >= 4 is 28.6 Å². The molecule has 2 heterocycles. The smallest absolute Gasteiger partial charge is 0.261 e. The zero-order chi connectivity index (χ0) is 13.8. The number of carbonyl (C=O) groups excluding carboxylic acids is 1. The number of aryl methyl sites for hydroxylation is 1. The molecule has 0 aliphatic rings. The van der Waals surface area contributed by atoms with Gasteiger partial charge in [0.2, 0.25) is 0 Å². The molecule has 1 amide bonds. The minimum Gasteiger partial charge on any atom is -0.349 e. The van der Waals surface area contributed by atoms with Gasteiger partial charge in [-0.15, -0.1) is 22.7 Å². The molecule has 0 saturated heterocycles. The Labute approximate surface area is 121 Å². The number of nitrogens with one attached hydrogen (secondary N) is 1. The quantitative estimate of drug-likeness (QED) is 0.919. The number of amides is 1. The standard InChI is InChI=1S/C14H18N2OS2/c1-10-6-8-19-13(10)14(17)15-9-11(16(2)3)12-5-4-7-18-12/h4-8,11H,9H2,1-3H3,(H,15,17)/t11-/m0/s1. The second-order valence-corrected chi connectivity index (χ2v) is 6.53. The number of nitrogens with zero attached hydrogens (tertiary/aromatic N) is 1. The molecule has 102 valence electrons. The lowest BCUT2D eigenvalue weighted by Crippen LogP contribution is -2.34. The fourth-order valence-corrected chi connectivity index (χ4v) is 3.66. The maximum absolute atomic E-state index is 12.1. The fraction of sp³-hybridized carbons (Fsp3) is 0.357. The molecule has 2 aromatic rings. The van der Waals surface area contributed by atoms with Crippen LogP contribution in [0.2, 0.25) is 0 Å². The van der Waals surface area contributed by atoms with Crippen molar-refractivity contribution < 1.29 is 4.79 Å². The van der Waals surface area contributed by atoms with Crippen LogP contribution in [0.4, 0.5) is 0 Å². The van der Waals surface area contributed by atoms with Gasteiger partial charge in [-0.1, -0.05) is 6.07 Å². The van der Waals surface area contributed by atoms with Gasteiger partial charge in [0.15, 0.2) is 0 Å². The third-order valence-corrected chi connectivity index (χ3v) is 5.01. The maximum Gasteiger partial charge on any atom is 0.261 e. The predicted octanol–water partition coefficient (Wildman–Crippen LogP) is 3.15. The van der Waals surface area contributed by atoms with Gasteiger partial charge in [-0.25, -0.2) is 0 Å². The lowest BCUT2D eigenvalue weighted by atomic mass is 10.2. The van der Waals surface area contributed by atoms with E-state index in [2.05, 4.69) is 21.7 Å². The van der Waals surface area contributed by atoms with Crippen molar-refractivity contribution in [3.05, 3.63) is 44.3 Å². The van der Waals surface area contributed by atoms with Gasteiger partial charge in [0.05, 0.1) is 10.9 Å². The van der Waals surface area contributed by atoms with Crippen LogP contribution in [0.25, 0.3) is 0 Å². The summed E-state index contributed by atoms with van der Waals surface area (Å²) < 4.78 is 0. The van der Waals surface area contributed by atoms with Crippen molar-refractivity contribution in [2.45, 2.75) is 13.0 Å². The van der Waals surface area contributed by atoms with Crippen LogP contribution in [0.15, 0.2) is 29.0 Å². The van der Waals surface area contributed by atoms with E-state index in [1.807, 2.05) is 38.5 Å². The number of thiophene rings is 2. The number of rotatable bonds is 5. The second-order valence-electron chi connectivity index (χ2n) is 4.64. The molecule has 19 heavy (non-hydrogen) atoms. The molecule has 1 N–H and O–H groups in total. The largest absolute Gasteiger partial charge is 0.349 e. The molecule has 0 saturated carbocycles. The molecule has 2 rings (SSSR count). The van der Waals surface area contributed by atoms with Gasteiger partial charge in [0, 0.05) is 11.4 Å². The van der Waals surface area contributed by atoms with Crippen molar-refractivity contribution in [2.24, 2.45) is 0 Å². The average molecular weight is 294 g/mol. The zero-order valence-corrected chi connectivity index (χ0v) is 13.0. The van der Waals surface area contributed by atoms with E-state index in [-0.39, 0.29) is 11.9 Å². The highest BCUT2D eigenvalue weighted by Gasteiger charge is 2.17. The molecule has 3 nitrogen and oxygen atoms in total. The van der Waals surface area contributed by atoms with Crippen LogP contribution < -0.4 is 5.32 Å². The van der Waals surface area contributed by atoms with Gasteiger partial charge >= 0.3 is 0 Å². The summed E-state index contributed by atoms with van der Waals surface area (Å²) in [4.78, 5) is 16.3. The third-order valence-electron chi connectivity index (χ3n) is 3.02. The summed E-state index contributed by atoms with van der Waals surface area (Å²) in [5, 5.41) is 7.05. The Hall–Kier alpha value is -1.17. The number of likely N-dealkylation sites (N-methyl/N-ethyl adjacent to an activating group) is 1. The van der Waals surface area contributed by atoms with Gasteiger partial charge in [0.25, 0.3) is 5.91 Å². The minimum absolute atomic E-state index is 0.0240. The molecule has 0 spiro atoms. The molecule has 0 bridgehead atoms. The Morgan fingerprint density at radius 1 is 1.32 bits per heavy atom. The normalized spacial score (nSPS) is 12.6. The molecule has 0 aliphatic carbocycles. The summed E-state index contributed by atoms with van der Waals surface area (Å²) in [5.74, 6) is 0.0240. The monoisotopic (exact) mass is 294 g/mol. The van der Waals surface area contributed by atoms with Gasteiger partial charge in [-0.3, -0.25) is 4.79 Å². The van der Waals surface area contributed by atoms with E-state index in [0.717, 1.165) is 10.4 Å². The molecule has 0 aliphatic heterocycles. The predicted molar refractivity (Wildman–Crippen MR) is 82.1 cm³/mol. The Bertz CT molecular complexity index is 531. The van der Waals surface area contributed by atoms with E-state index in [4.69, 9.17) is 0 Å². The van der Waals surface area contributed by atoms with Crippen molar-refractivity contribution in [1.82, 2.24) is 10.2 Å². The molecular weight excluding hydrogens is 276 g/mol. The fourth-order valence-electron chi connectivity index (χ4n) is 1.89.